The zero-order chi connectivity index (χ0) is 20.6. The van der Waals surface area contributed by atoms with Crippen LogP contribution in [0.2, 0.25) is 0 Å². The van der Waals surface area contributed by atoms with E-state index >= 15 is 0 Å². The van der Waals surface area contributed by atoms with Gasteiger partial charge in [-0.1, -0.05) is 18.2 Å². The maximum atomic E-state index is 12.4. The molecular weight excluding hydrogens is 366 g/mol. The Morgan fingerprint density at radius 3 is 2.62 bits per heavy atom. The molecule has 5 nitrogen and oxygen atoms in total. The molecule has 1 atom stereocenters. The molecule has 2 aromatic rings. The second kappa shape index (κ2) is 10.2. The lowest BCUT2D eigenvalue weighted by Gasteiger charge is -2.22. The Balaban J connectivity index is 1.46. The predicted molar refractivity (Wildman–Crippen MR) is 114 cm³/mol. The SMILES string of the molecule is COc1ccc(CCCNC(=O)[C@@H](C)Oc2cccc3c2CCCC3)cc1OC. The summed E-state index contributed by atoms with van der Waals surface area (Å²) in [7, 11) is 3.26. The average Bonchev–Trinajstić information content (AvgIpc) is 2.76. The topological polar surface area (TPSA) is 56.8 Å². The number of nitrogens with one attached hydrogen (secondary N) is 1. The molecular formula is C24H31NO4. The third-order valence-electron chi connectivity index (χ3n) is 5.42. The first kappa shape index (κ1) is 21.0. The number of methoxy groups -OCH3 is 2. The molecule has 0 spiro atoms. The number of amides is 1. The van der Waals surface area contributed by atoms with E-state index in [0.29, 0.717) is 6.54 Å². The van der Waals surface area contributed by atoms with Crippen LogP contribution < -0.4 is 19.5 Å². The molecule has 156 valence electrons. The summed E-state index contributed by atoms with van der Waals surface area (Å²) in [6.07, 6.45) is 5.73. The quantitative estimate of drug-likeness (QED) is 0.647. The van der Waals surface area contributed by atoms with Crippen LogP contribution in [-0.4, -0.2) is 32.8 Å². The number of hydrogen-bond donors (Lipinski definition) is 1. The first-order chi connectivity index (χ1) is 14.1. The predicted octanol–water partition coefficient (Wildman–Crippen LogP) is 4.10. The first-order valence-corrected chi connectivity index (χ1v) is 10.4. The van der Waals surface area contributed by atoms with Gasteiger partial charge in [0, 0.05) is 6.54 Å². The van der Waals surface area contributed by atoms with Crippen molar-refractivity contribution >= 4 is 5.91 Å². The zero-order valence-corrected chi connectivity index (χ0v) is 17.6. The van der Waals surface area contributed by atoms with Crippen LogP contribution in [-0.2, 0) is 24.1 Å². The summed E-state index contributed by atoms with van der Waals surface area (Å²) in [5.74, 6) is 2.22. The Labute approximate surface area is 173 Å². The fourth-order valence-electron chi connectivity index (χ4n) is 3.78. The highest BCUT2D eigenvalue weighted by molar-refractivity contribution is 5.80. The van der Waals surface area contributed by atoms with E-state index in [9.17, 15) is 4.79 Å². The molecule has 0 radical (unpaired) electrons. The van der Waals surface area contributed by atoms with Gasteiger partial charge >= 0.3 is 0 Å². The third-order valence-corrected chi connectivity index (χ3v) is 5.42. The molecule has 5 heteroatoms. The molecule has 0 bridgehead atoms. The minimum absolute atomic E-state index is 0.0780. The highest BCUT2D eigenvalue weighted by atomic mass is 16.5. The van der Waals surface area contributed by atoms with Crippen LogP contribution in [0, 0.1) is 0 Å². The number of ether oxygens (including phenoxy) is 3. The number of benzene rings is 2. The van der Waals surface area contributed by atoms with Crippen LogP contribution in [0.3, 0.4) is 0 Å². The van der Waals surface area contributed by atoms with E-state index in [0.717, 1.165) is 48.5 Å². The van der Waals surface area contributed by atoms with Gasteiger partial charge in [0.25, 0.3) is 5.91 Å². The van der Waals surface area contributed by atoms with Crippen LogP contribution in [0.1, 0.15) is 42.9 Å². The van der Waals surface area contributed by atoms with Gasteiger partial charge in [-0.15, -0.1) is 0 Å². The van der Waals surface area contributed by atoms with Crippen molar-refractivity contribution in [2.24, 2.45) is 0 Å². The van der Waals surface area contributed by atoms with Crippen molar-refractivity contribution in [2.75, 3.05) is 20.8 Å². The Kier molecular flexibility index (Phi) is 7.39. The van der Waals surface area contributed by atoms with Crippen molar-refractivity contribution in [3.05, 3.63) is 53.1 Å². The minimum Gasteiger partial charge on any atom is -0.493 e. The van der Waals surface area contributed by atoms with Crippen LogP contribution in [0.15, 0.2) is 36.4 Å². The lowest BCUT2D eigenvalue weighted by Crippen LogP contribution is -2.37. The zero-order valence-electron chi connectivity index (χ0n) is 17.6. The number of hydrogen-bond acceptors (Lipinski definition) is 4. The molecule has 3 rings (SSSR count). The van der Waals surface area contributed by atoms with E-state index in [1.165, 1.54) is 24.0 Å². The lowest BCUT2D eigenvalue weighted by molar-refractivity contribution is -0.127. The van der Waals surface area contributed by atoms with E-state index in [1.807, 2.05) is 37.3 Å². The van der Waals surface area contributed by atoms with Gasteiger partial charge in [-0.25, -0.2) is 0 Å². The van der Waals surface area contributed by atoms with Crippen molar-refractivity contribution in [2.45, 2.75) is 51.6 Å². The van der Waals surface area contributed by atoms with Gasteiger partial charge in [-0.05, 0) is 80.3 Å². The maximum Gasteiger partial charge on any atom is 0.260 e. The van der Waals surface area contributed by atoms with Crippen LogP contribution in [0.5, 0.6) is 17.2 Å². The summed E-state index contributed by atoms with van der Waals surface area (Å²) in [5, 5.41) is 2.98. The van der Waals surface area contributed by atoms with Gasteiger partial charge in [0.15, 0.2) is 17.6 Å². The molecule has 29 heavy (non-hydrogen) atoms. The normalized spacial score (nSPS) is 13.9. The molecule has 1 aliphatic rings. The highest BCUT2D eigenvalue weighted by Gasteiger charge is 2.19. The van der Waals surface area contributed by atoms with Crippen LogP contribution in [0.25, 0.3) is 0 Å². The molecule has 0 saturated heterocycles. The highest BCUT2D eigenvalue weighted by Crippen LogP contribution is 2.30. The Morgan fingerprint density at radius 2 is 1.83 bits per heavy atom. The number of aryl methyl sites for hydroxylation is 2. The fraction of sp³-hybridized carbons (Fsp3) is 0.458. The molecule has 1 amide bonds. The second-order valence-electron chi connectivity index (χ2n) is 7.44. The number of carbonyl (C=O) groups excluding carboxylic acids is 1. The molecule has 0 saturated carbocycles. The van der Waals surface area contributed by atoms with E-state index in [-0.39, 0.29) is 5.91 Å². The molecule has 0 aromatic heterocycles. The maximum absolute atomic E-state index is 12.4. The largest absolute Gasteiger partial charge is 0.493 e. The van der Waals surface area contributed by atoms with Crippen LogP contribution in [0.4, 0.5) is 0 Å². The van der Waals surface area contributed by atoms with Gasteiger partial charge in [-0.2, -0.15) is 0 Å². The van der Waals surface area contributed by atoms with E-state index < -0.39 is 6.10 Å². The van der Waals surface area contributed by atoms with Crippen molar-refractivity contribution in [3.63, 3.8) is 0 Å². The summed E-state index contributed by atoms with van der Waals surface area (Å²) in [4.78, 5) is 12.4. The number of fused-ring (bicyclic) bond motifs is 1. The van der Waals surface area contributed by atoms with Crippen molar-refractivity contribution in [1.82, 2.24) is 5.32 Å². The molecule has 0 unspecified atom stereocenters. The first-order valence-electron chi connectivity index (χ1n) is 10.4. The average molecular weight is 398 g/mol. The number of rotatable bonds is 9. The van der Waals surface area contributed by atoms with Gasteiger partial charge in [-0.3, -0.25) is 4.79 Å². The monoisotopic (exact) mass is 397 g/mol. The second-order valence-corrected chi connectivity index (χ2v) is 7.44. The summed E-state index contributed by atoms with van der Waals surface area (Å²) < 4.78 is 16.6. The smallest absolute Gasteiger partial charge is 0.260 e. The van der Waals surface area contributed by atoms with Crippen molar-refractivity contribution < 1.29 is 19.0 Å². The summed E-state index contributed by atoms with van der Waals surface area (Å²) in [6, 6.07) is 12.1. The Hall–Kier alpha value is -2.69. The fourth-order valence-corrected chi connectivity index (χ4v) is 3.78. The number of carbonyl (C=O) groups is 1. The van der Waals surface area contributed by atoms with Gasteiger partial charge in [0.2, 0.25) is 0 Å². The van der Waals surface area contributed by atoms with Crippen molar-refractivity contribution in [1.29, 1.82) is 0 Å². The van der Waals surface area contributed by atoms with E-state index in [2.05, 4.69) is 11.4 Å². The lowest BCUT2D eigenvalue weighted by atomic mass is 9.91. The Bertz CT molecular complexity index is 834. The molecule has 1 aliphatic carbocycles. The third kappa shape index (κ3) is 5.43. The van der Waals surface area contributed by atoms with E-state index in [4.69, 9.17) is 14.2 Å². The van der Waals surface area contributed by atoms with Crippen LogP contribution >= 0.6 is 0 Å². The van der Waals surface area contributed by atoms with Gasteiger partial charge in [0.05, 0.1) is 14.2 Å². The molecule has 2 aromatic carbocycles. The van der Waals surface area contributed by atoms with Gasteiger partial charge in [0.1, 0.15) is 5.75 Å². The van der Waals surface area contributed by atoms with Crippen molar-refractivity contribution in [3.8, 4) is 17.2 Å². The molecule has 0 aliphatic heterocycles. The Morgan fingerprint density at radius 1 is 1.03 bits per heavy atom. The summed E-state index contributed by atoms with van der Waals surface area (Å²) >= 11 is 0. The molecule has 0 fully saturated rings. The minimum atomic E-state index is -0.510. The standard InChI is InChI=1S/C24H31NO4/c1-17(29-21-12-6-10-19-9-4-5-11-20(19)21)24(26)25-15-7-8-18-13-14-22(27-2)23(16-18)28-3/h6,10,12-14,16-17H,4-5,7-9,11,15H2,1-3H3,(H,25,26)/t17-/m1/s1. The summed E-state index contributed by atoms with van der Waals surface area (Å²) in [5.41, 5.74) is 3.78. The molecule has 0 heterocycles. The summed E-state index contributed by atoms with van der Waals surface area (Å²) in [6.45, 7) is 2.42. The molecule has 1 N–H and O–H groups in total. The van der Waals surface area contributed by atoms with Gasteiger partial charge < -0.3 is 19.5 Å². The van der Waals surface area contributed by atoms with E-state index in [1.54, 1.807) is 14.2 Å².